The van der Waals surface area contributed by atoms with E-state index in [1.54, 1.807) is 16.0 Å². The molecule has 0 unspecified atom stereocenters. The summed E-state index contributed by atoms with van der Waals surface area (Å²) in [6.07, 6.45) is 0.842. The molecule has 8 heteroatoms. The number of carbonyl (C=O) groups is 1. The number of nitrogens with zero attached hydrogens (tertiary/aromatic N) is 4. The molecular weight excluding hydrogens is 260 g/mol. The molecule has 17 heavy (non-hydrogen) atoms. The molecule has 0 radical (unpaired) electrons. The molecule has 2 aromatic heterocycles. The third-order valence-corrected chi connectivity index (χ3v) is 3.69. The predicted octanol–water partition coefficient (Wildman–Crippen LogP) is 1.15. The van der Waals surface area contributed by atoms with Crippen molar-refractivity contribution in [2.24, 2.45) is 0 Å². The number of thioether (sulfide) groups is 1. The van der Waals surface area contributed by atoms with E-state index in [4.69, 9.17) is 5.11 Å². The van der Waals surface area contributed by atoms with Gasteiger partial charge >= 0.3 is 5.97 Å². The molecule has 0 saturated heterocycles. The van der Waals surface area contributed by atoms with Crippen LogP contribution in [0.1, 0.15) is 5.56 Å². The molecule has 0 aromatic carbocycles. The maximum absolute atomic E-state index is 10.5. The van der Waals surface area contributed by atoms with E-state index in [2.05, 4.69) is 27.0 Å². The summed E-state index contributed by atoms with van der Waals surface area (Å²) in [5.74, 6) is -0.902. The van der Waals surface area contributed by atoms with Gasteiger partial charge in [-0.25, -0.2) is 4.68 Å². The van der Waals surface area contributed by atoms with Gasteiger partial charge in [0, 0.05) is 6.54 Å². The number of rotatable bonds is 6. The number of hydrogen-bond acceptors (Lipinski definition) is 6. The molecule has 0 aliphatic rings. The lowest BCUT2D eigenvalue weighted by Gasteiger charge is -2.01. The fourth-order valence-corrected chi connectivity index (χ4v) is 2.56. The first kappa shape index (κ1) is 12.1. The number of aromatic nitrogens is 4. The van der Waals surface area contributed by atoms with Crippen molar-refractivity contribution in [2.45, 2.75) is 18.1 Å². The summed E-state index contributed by atoms with van der Waals surface area (Å²) in [6.45, 7) is 0.658. The zero-order valence-corrected chi connectivity index (χ0v) is 10.4. The van der Waals surface area contributed by atoms with Crippen LogP contribution in [0, 0.1) is 0 Å². The smallest absolute Gasteiger partial charge is 0.313 e. The van der Waals surface area contributed by atoms with E-state index in [1.807, 2.05) is 5.38 Å². The van der Waals surface area contributed by atoms with Crippen molar-refractivity contribution in [1.29, 1.82) is 0 Å². The van der Waals surface area contributed by atoms with Crippen molar-refractivity contribution in [2.75, 3.05) is 5.75 Å². The third-order valence-electron chi connectivity index (χ3n) is 2.02. The molecule has 0 aliphatic heterocycles. The molecule has 2 rings (SSSR count). The van der Waals surface area contributed by atoms with Gasteiger partial charge in [-0.3, -0.25) is 4.79 Å². The van der Waals surface area contributed by atoms with Crippen LogP contribution < -0.4 is 0 Å². The minimum absolute atomic E-state index is 0.0289. The Hall–Kier alpha value is -1.41. The van der Waals surface area contributed by atoms with Gasteiger partial charge in [0.25, 0.3) is 0 Å². The van der Waals surface area contributed by atoms with Crippen LogP contribution in [0.2, 0.25) is 0 Å². The first-order valence-electron chi connectivity index (χ1n) is 4.87. The number of hydrogen-bond donors (Lipinski definition) is 1. The van der Waals surface area contributed by atoms with Gasteiger partial charge in [-0.05, 0) is 39.2 Å². The molecule has 0 spiro atoms. The molecule has 0 bridgehead atoms. The highest BCUT2D eigenvalue weighted by Crippen LogP contribution is 2.14. The fourth-order valence-electron chi connectivity index (χ4n) is 1.24. The highest BCUT2D eigenvalue weighted by atomic mass is 32.2. The number of aryl methyl sites for hydroxylation is 2. The first-order chi connectivity index (χ1) is 8.25. The minimum atomic E-state index is -0.873. The second-order valence-corrected chi connectivity index (χ2v) is 4.97. The Kier molecular flexibility index (Phi) is 4.10. The van der Waals surface area contributed by atoms with E-state index in [0.29, 0.717) is 11.7 Å². The van der Waals surface area contributed by atoms with Gasteiger partial charge in [-0.15, -0.1) is 5.10 Å². The molecule has 2 heterocycles. The van der Waals surface area contributed by atoms with E-state index in [0.717, 1.165) is 18.2 Å². The standard InChI is InChI=1S/C9H10N4O2S2/c14-8(15)6-17-9-10-11-12-13(9)3-1-7-2-4-16-5-7/h2,4-5H,1,3,6H2,(H,14,15). The summed E-state index contributed by atoms with van der Waals surface area (Å²) in [4.78, 5) is 10.5. The van der Waals surface area contributed by atoms with Crippen LogP contribution in [-0.2, 0) is 17.8 Å². The average molecular weight is 270 g/mol. The Morgan fingerprint density at radius 2 is 2.47 bits per heavy atom. The Labute approximate surface area is 106 Å². The largest absolute Gasteiger partial charge is 0.481 e. The lowest BCUT2D eigenvalue weighted by Crippen LogP contribution is -2.06. The zero-order chi connectivity index (χ0) is 12.1. The summed E-state index contributed by atoms with van der Waals surface area (Å²) in [7, 11) is 0. The number of aliphatic carboxylic acids is 1. The topological polar surface area (TPSA) is 80.9 Å². The van der Waals surface area contributed by atoms with E-state index in [9.17, 15) is 4.79 Å². The van der Waals surface area contributed by atoms with Crippen molar-refractivity contribution >= 4 is 29.1 Å². The zero-order valence-electron chi connectivity index (χ0n) is 8.81. The number of carboxylic acid groups (broad SMARTS) is 1. The van der Waals surface area contributed by atoms with Crippen LogP contribution in [0.15, 0.2) is 22.0 Å². The molecule has 0 fully saturated rings. The van der Waals surface area contributed by atoms with Gasteiger partial charge in [-0.1, -0.05) is 11.8 Å². The fraction of sp³-hybridized carbons (Fsp3) is 0.333. The van der Waals surface area contributed by atoms with Crippen molar-refractivity contribution in [3.63, 3.8) is 0 Å². The van der Waals surface area contributed by atoms with Gasteiger partial charge in [0.2, 0.25) is 5.16 Å². The van der Waals surface area contributed by atoms with Gasteiger partial charge in [0.05, 0.1) is 5.75 Å². The monoisotopic (exact) mass is 270 g/mol. The van der Waals surface area contributed by atoms with Crippen LogP contribution in [-0.4, -0.2) is 37.0 Å². The molecule has 90 valence electrons. The maximum atomic E-state index is 10.5. The van der Waals surface area contributed by atoms with Gasteiger partial charge in [0.15, 0.2) is 0 Å². The molecule has 2 aromatic rings. The lowest BCUT2D eigenvalue weighted by atomic mass is 10.2. The van der Waals surface area contributed by atoms with Crippen LogP contribution in [0.5, 0.6) is 0 Å². The summed E-state index contributed by atoms with van der Waals surface area (Å²) < 4.78 is 1.63. The van der Waals surface area contributed by atoms with Crippen molar-refractivity contribution in [3.05, 3.63) is 22.4 Å². The third kappa shape index (κ3) is 3.53. The van der Waals surface area contributed by atoms with E-state index >= 15 is 0 Å². The molecular formula is C9H10N4O2S2. The quantitative estimate of drug-likeness (QED) is 0.793. The highest BCUT2D eigenvalue weighted by Gasteiger charge is 2.09. The normalized spacial score (nSPS) is 10.6. The number of thiophene rings is 1. The van der Waals surface area contributed by atoms with Gasteiger partial charge in [0.1, 0.15) is 0 Å². The van der Waals surface area contributed by atoms with E-state index in [-0.39, 0.29) is 5.75 Å². The molecule has 0 atom stereocenters. The van der Waals surface area contributed by atoms with Crippen LogP contribution in [0.4, 0.5) is 0 Å². The maximum Gasteiger partial charge on any atom is 0.313 e. The molecule has 0 saturated carbocycles. The Morgan fingerprint density at radius 1 is 1.59 bits per heavy atom. The Balaban J connectivity index is 1.92. The molecule has 6 nitrogen and oxygen atoms in total. The Morgan fingerprint density at radius 3 is 3.18 bits per heavy atom. The summed E-state index contributed by atoms with van der Waals surface area (Å²) >= 11 is 2.78. The van der Waals surface area contributed by atoms with E-state index < -0.39 is 5.97 Å². The second kappa shape index (κ2) is 5.78. The summed E-state index contributed by atoms with van der Waals surface area (Å²) in [6, 6.07) is 2.05. The Bertz CT molecular complexity index is 483. The predicted molar refractivity (Wildman–Crippen MR) is 64.2 cm³/mol. The summed E-state index contributed by atoms with van der Waals surface area (Å²) in [5, 5.41) is 24.4. The average Bonchev–Trinajstić information content (AvgIpc) is 2.95. The second-order valence-electron chi connectivity index (χ2n) is 3.25. The van der Waals surface area contributed by atoms with E-state index in [1.165, 1.54) is 5.56 Å². The van der Waals surface area contributed by atoms with Crippen LogP contribution >= 0.6 is 23.1 Å². The number of carboxylic acids is 1. The molecule has 0 amide bonds. The van der Waals surface area contributed by atoms with Crippen molar-refractivity contribution in [1.82, 2.24) is 20.2 Å². The first-order valence-corrected chi connectivity index (χ1v) is 6.80. The molecule has 1 N–H and O–H groups in total. The SMILES string of the molecule is O=C(O)CSc1nnnn1CCc1ccsc1. The van der Waals surface area contributed by atoms with Crippen LogP contribution in [0.3, 0.4) is 0 Å². The van der Waals surface area contributed by atoms with Gasteiger partial charge in [-0.2, -0.15) is 11.3 Å². The molecule has 0 aliphatic carbocycles. The highest BCUT2D eigenvalue weighted by molar-refractivity contribution is 7.99. The van der Waals surface area contributed by atoms with Gasteiger partial charge < -0.3 is 5.11 Å². The van der Waals surface area contributed by atoms with Crippen molar-refractivity contribution < 1.29 is 9.90 Å². The number of tetrazole rings is 1. The van der Waals surface area contributed by atoms with Crippen LogP contribution in [0.25, 0.3) is 0 Å². The lowest BCUT2D eigenvalue weighted by molar-refractivity contribution is -0.133. The summed E-state index contributed by atoms with van der Waals surface area (Å²) in [5.41, 5.74) is 1.24. The van der Waals surface area contributed by atoms with Crippen molar-refractivity contribution in [3.8, 4) is 0 Å². The minimum Gasteiger partial charge on any atom is -0.481 e.